The van der Waals surface area contributed by atoms with E-state index < -0.39 is 23.6 Å². The van der Waals surface area contributed by atoms with Gasteiger partial charge in [-0.05, 0) is 38.7 Å². The number of hydrogen-bond acceptors (Lipinski definition) is 3. The van der Waals surface area contributed by atoms with Gasteiger partial charge in [0.25, 0.3) is 0 Å². The molecule has 0 spiro atoms. The zero-order valence-electron chi connectivity index (χ0n) is 12.5. The number of carbonyl (C=O) groups excluding carboxylic acids is 1. The summed E-state index contributed by atoms with van der Waals surface area (Å²) in [7, 11) is 0. The topological polar surface area (TPSA) is 75.6 Å². The van der Waals surface area contributed by atoms with Crippen LogP contribution < -0.4 is 5.32 Å². The molecule has 5 nitrogen and oxygen atoms in total. The highest BCUT2D eigenvalue weighted by Gasteiger charge is 2.49. The lowest BCUT2D eigenvalue weighted by atomic mass is 10.0. The molecule has 21 heavy (non-hydrogen) atoms. The van der Waals surface area contributed by atoms with Gasteiger partial charge in [-0.2, -0.15) is 0 Å². The number of rotatable bonds is 4. The van der Waals surface area contributed by atoms with Crippen molar-refractivity contribution >= 4 is 12.1 Å². The monoisotopic (exact) mass is 291 g/mol. The van der Waals surface area contributed by atoms with Gasteiger partial charge in [-0.25, -0.2) is 4.79 Å². The van der Waals surface area contributed by atoms with Gasteiger partial charge >= 0.3 is 12.1 Å². The van der Waals surface area contributed by atoms with Crippen molar-refractivity contribution in [1.29, 1.82) is 0 Å². The Labute approximate surface area is 124 Å². The second-order valence-electron chi connectivity index (χ2n) is 6.38. The van der Waals surface area contributed by atoms with Crippen molar-refractivity contribution in [2.75, 3.05) is 0 Å². The normalized spacial score (nSPS) is 22.2. The summed E-state index contributed by atoms with van der Waals surface area (Å²) in [6, 6.07) is 9.07. The van der Waals surface area contributed by atoms with Crippen molar-refractivity contribution in [3.8, 4) is 0 Å². The fourth-order valence-electron chi connectivity index (χ4n) is 2.40. The predicted octanol–water partition coefficient (Wildman–Crippen LogP) is 2.97. The summed E-state index contributed by atoms with van der Waals surface area (Å²) >= 11 is 0. The van der Waals surface area contributed by atoms with Gasteiger partial charge in [-0.15, -0.1) is 0 Å². The van der Waals surface area contributed by atoms with Crippen LogP contribution in [0.4, 0.5) is 4.79 Å². The van der Waals surface area contributed by atoms with Gasteiger partial charge in [0.05, 0.1) is 12.0 Å². The first-order valence-electron chi connectivity index (χ1n) is 7.05. The van der Waals surface area contributed by atoms with Gasteiger partial charge in [0.1, 0.15) is 5.60 Å². The molecular weight excluding hydrogens is 270 g/mol. The van der Waals surface area contributed by atoms with Crippen molar-refractivity contribution < 1.29 is 19.4 Å². The lowest BCUT2D eigenvalue weighted by Crippen LogP contribution is -2.36. The lowest BCUT2D eigenvalue weighted by molar-refractivity contribution is -0.139. The molecule has 3 unspecified atom stereocenters. The minimum Gasteiger partial charge on any atom is -0.481 e. The Morgan fingerprint density at radius 1 is 1.29 bits per heavy atom. The summed E-state index contributed by atoms with van der Waals surface area (Å²) in [5.41, 5.74) is 0.318. The summed E-state index contributed by atoms with van der Waals surface area (Å²) < 4.78 is 5.27. The van der Waals surface area contributed by atoms with E-state index in [0.29, 0.717) is 6.42 Å². The molecule has 0 heterocycles. The second kappa shape index (κ2) is 5.76. The highest BCUT2D eigenvalue weighted by atomic mass is 16.6. The average molecular weight is 291 g/mol. The molecule has 1 saturated carbocycles. The number of carbonyl (C=O) groups is 2. The maximum absolute atomic E-state index is 12.0. The number of amides is 1. The van der Waals surface area contributed by atoms with E-state index in [1.165, 1.54) is 0 Å². The molecule has 1 aromatic carbocycles. The van der Waals surface area contributed by atoms with E-state index in [0.717, 1.165) is 5.56 Å². The molecule has 0 saturated heterocycles. The van der Waals surface area contributed by atoms with Crippen LogP contribution in [-0.2, 0) is 9.53 Å². The van der Waals surface area contributed by atoms with E-state index in [1.807, 2.05) is 30.3 Å². The average Bonchev–Trinajstić information content (AvgIpc) is 3.15. The highest BCUT2D eigenvalue weighted by molar-refractivity contribution is 5.74. The van der Waals surface area contributed by atoms with Gasteiger partial charge in [-0.1, -0.05) is 30.3 Å². The van der Waals surface area contributed by atoms with Gasteiger partial charge in [-0.3, -0.25) is 4.79 Å². The summed E-state index contributed by atoms with van der Waals surface area (Å²) in [6.07, 6.45) is 0.0532. The van der Waals surface area contributed by atoms with Crippen LogP contribution in [0.2, 0.25) is 0 Å². The van der Waals surface area contributed by atoms with E-state index >= 15 is 0 Å². The van der Waals surface area contributed by atoms with Crippen LogP contribution in [0, 0.1) is 11.8 Å². The Hall–Kier alpha value is -2.04. The number of nitrogens with one attached hydrogen (secondary N) is 1. The minimum atomic E-state index is -0.813. The summed E-state index contributed by atoms with van der Waals surface area (Å²) in [5.74, 6) is -1.30. The molecule has 114 valence electrons. The number of carboxylic acids is 1. The van der Waals surface area contributed by atoms with Gasteiger partial charge in [0.2, 0.25) is 0 Å². The molecule has 1 aliphatic rings. The summed E-state index contributed by atoms with van der Waals surface area (Å²) in [6.45, 7) is 5.38. The molecule has 1 fully saturated rings. The van der Waals surface area contributed by atoms with Crippen molar-refractivity contribution in [3.05, 3.63) is 35.9 Å². The zero-order valence-corrected chi connectivity index (χ0v) is 12.5. The Balaban J connectivity index is 2.11. The second-order valence-corrected chi connectivity index (χ2v) is 6.38. The Kier molecular flexibility index (Phi) is 4.21. The van der Waals surface area contributed by atoms with Crippen molar-refractivity contribution in [2.45, 2.75) is 38.8 Å². The molecule has 1 aromatic rings. The number of aliphatic carboxylic acids is 1. The molecule has 0 radical (unpaired) electrons. The molecule has 2 N–H and O–H groups in total. The fraction of sp³-hybridized carbons (Fsp3) is 0.500. The van der Waals surface area contributed by atoms with Gasteiger partial charge in [0.15, 0.2) is 0 Å². The molecule has 0 aromatic heterocycles. The number of alkyl carbamates (subject to hydrolysis) is 1. The van der Waals surface area contributed by atoms with Crippen LogP contribution in [0.15, 0.2) is 30.3 Å². The van der Waals surface area contributed by atoms with E-state index in [4.69, 9.17) is 9.84 Å². The first-order chi connectivity index (χ1) is 9.78. The van der Waals surface area contributed by atoms with Crippen LogP contribution in [-0.4, -0.2) is 22.8 Å². The van der Waals surface area contributed by atoms with Gasteiger partial charge in [0, 0.05) is 0 Å². The van der Waals surface area contributed by atoms with E-state index in [2.05, 4.69) is 5.32 Å². The molecule has 1 aliphatic carbocycles. The molecule has 2 rings (SSSR count). The van der Waals surface area contributed by atoms with Crippen molar-refractivity contribution in [3.63, 3.8) is 0 Å². The van der Waals surface area contributed by atoms with E-state index in [1.54, 1.807) is 20.8 Å². The molecular formula is C16H21NO4. The third-order valence-electron chi connectivity index (χ3n) is 3.42. The Bertz CT molecular complexity index is 521. The SMILES string of the molecule is CC(C)(C)OC(=O)NC(c1ccccc1)C1CC1C(=O)O. The largest absolute Gasteiger partial charge is 0.481 e. The maximum Gasteiger partial charge on any atom is 0.408 e. The molecule has 5 heteroatoms. The Morgan fingerprint density at radius 2 is 1.90 bits per heavy atom. The molecule has 0 aliphatic heterocycles. The first kappa shape index (κ1) is 15.4. The third kappa shape index (κ3) is 4.21. The van der Waals surface area contributed by atoms with Crippen LogP contribution >= 0.6 is 0 Å². The minimum absolute atomic E-state index is 0.0857. The highest BCUT2D eigenvalue weighted by Crippen LogP contribution is 2.47. The van der Waals surface area contributed by atoms with Crippen LogP contribution in [0.5, 0.6) is 0 Å². The third-order valence-corrected chi connectivity index (χ3v) is 3.42. The molecule has 1 amide bonds. The quantitative estimate of drug-likeness (QED) is 0.894. The van der Waals surface area contributed by atoms with Crippen molar-refractivity contribution in [1.82, 2.24) is 5.32 Å². The predicted molar refractivity (Wildman–Crippen MR) is 77.8 cm³/mol. The summed E-state index contributed by atoms with van der Waals surface area (Å²) in [4.78, 5) is 23.0. The smallest absolute Gasteiger partial charge is 0.408 e. The number of ether oxygens (including phenoxy) is 1. The standard InChI is InChI=1S/C16H21NO4/c1-16(2,3)21-15(20)17-13(10-7-5-4-6-8-10)11-9-12(11)14(18)19/h4-8,11-13H,9H2,1-3H3,(H,17,20)(H,18,19). The van der Waals surface area contributed by atoms with Crippen LogP contribution in [0.3, 0.4) is 0 Å². The number of hydrogen-bond donors (Lipinski definition) is 2. The van der Waals surface area contributed by atoms with Crippen LogP contribution in [0.1, 0.15) is 38.8 Å². The molecule has 0 bridgehead atoms. The number of carboxylic acid groups (broad SMARTS) is 1. The van der Waals surface area contributed by atoms with Crippen LogP contribution in [0.25, 0.3) is 0 Å². The number of benzene rings is 1. The summed E-state index contributed by atoms with van der Waals surface area (Å²) in [5, 5.41) is 11.9. The first-order valence-corrected chi connectivity index (χ1v) is 7.05. The fourth-order valence-corrected chi connectivity index (χ4v) is 2.40. The van der Waals surface area contributed by atoms with Crippen molar-refractivity contribution in [2.24, 2.45) is 11.8 Å². The van der Waals surface area contributed by atoms with E-state index in [-0.39, 0.29) is 12.0 Å². The molecule has 3 atom stereocenters. The lowest BCUT2D eigenvalue weighted by Gasteiger charge is -2.24. The Morgan fingerprint density at radius 3 is 2.38 bits per heavy atom. The maximum atomic E-state index is 12.0. The van der Waals surface area contributed by atoms with E-state index in [9.17, 15) is 9.59 Å². The zero-order chi connectivity index (χ0) is 15.6. The van der Waals surface area contributed by atoms with Gasteiger partial charge < -0.3 is 15.2 Å².